The summed E-state index contributed by atoms with van der Waals surface area (Å²) in [6.45, 7) is 5.55. The van der Waals surface area contributed by atoms with Crippen LogP contribution in [0.4, 0.5) is 10.1 Å². The van der Waals surface area contributed by atoms with Crippen molar-refractivity contribution in [3.8, 4) is 0 Å². The van der Waals surface area contributed by atoms with E-state index in [4.69, 9.17) is 0 Å². The van der Waals surface area contributed by atoms with E-state index in [0.29, 0.717) is 6.42 Å². The number of hydrogen-bond acceptors (Lipinski definition) is 4. The Morgan fingerprint density at radius 3 is 2.29 bits per heavy atom. The zero-order valence-electron chi connectivity index (χ0n) is 14.0. The molecule has 2 heterocycles. The lowest BCUT2D eigenvalue weighted by atomic mass is 10.1. The SMILES string of the molecule is O=C(CCN1CCC(O)CC1)N1CCN(c2ccc(F)cc2)CC1. The van der Waals surface area contributed by atoms with Crippen molar-refractivity contribution in [2.75, 3.05) is 50.7 Å². The highest BCUT2D eigenvalue weighted by molar-refractivity contribution is 5.76. The Labute approximate surface area is 142 Å². The fourth-order valence-electron chi connectivity index (χ4n) is 3.42. The summed E-state index contributed by atoms with van der Waals surface area (Å²) in [7, 11) is 0. The van der Waals surface area contributed by atoms with Crippen molar-refractivity contribution < 1.29 is 14.3 Å². The molecule has 0 aliphatic carbocycles. The molecule has 3 rings (SSSR count). The van der Waals surface area contributed by atoms with Crippen LogP contribution in [-0.2, 0) is 4.79 Å². The number of benzene rings is 1. The second-order valence-electron chi connectivity index (χ2n) is 6.67. The van der Waals surface area contributed by atoms with Crippen molar-refractivity contribution in [1.29, 1.82) is 0 Å². The number of halogens is 1. The summed E-state index contributed by atoms with van der Waals surface area (Å²) in [6, 6.07) is 6.53. The minimum absolute atomic E-state index is 0.170. The van der Waals surface area contributed by atoms with E-state index in [1.54, 1.807) is 12.1 Å². The van der Waals surface area contributed by atoms with Crippen LogP contribution < -0.4 is 4.90 Å². The predicted octanol–water partition coefficient (Wildman–Crippen LogP) is 1.32. The quantitative estimate of drug-likeness (QED) is 0.902. The van der Waals surface area contributed by atoms with Crippen LogP contribution in [0.1, 0.15) is 19.3 Å². The van der Waals surface area contributed by atoms with Crippen LogP contribution in [0.15, 0.2) is 24.3 Å². The Morgan fingerprint density at radius 2 is 1.67 bits per heavy atom. The fourth-order valence-corrected chi connectivity index (χ4v) is 3.42. The molecule has 1 aromatic rings. The number of piperazine rings is 1. The Balaban J connectivity index is 1.41. The van der Waals surface area contributed by atoms with Crippen LogP contribution in [0.25, 0.3) is 0 Å². The molecule has 2 saturated heterocycles. The molecule has 1 aromatic carbocycles. The molecule has 24 heavy (non-hydrogen) atoms. The standard InChI is InChI=1S/C18H26FN3O2/c19-15-1-3-16(4-2-15)21-11-13-22(14-12-21)18(24)7-10-20-8-5-17(23)6-9-20/h1-4,17,23H,5-14H2. The highest BCUT2D eigenvalue weighted by atomic mass is 19.1. The average Bonchev–Trinajstić information content (AvgIpc) is 2.62. The first-order chi connectivity index (χ1) is 11.6. The molecule has 0 saturated carbocycles. The zero-order chi connectivity index (χ0) is 16.9. The van der Waals surface area contributed by atoms with Gasteiger partial charge in [0.25, 0.3) is 0 Å². The molecule has 0 radical (unpaired) electrons. The van der Waals surface area contributed by atoms with Crippen molar-refractivity contribution in [1.82, 2.24) is 9.80 Å². The normalized spacial score (nSPS) is 20.4. The first-order valence-corrected chi connectivity index (χ1v) is 8.80. The van der Waals surface area contributed by atoms with Crippen LogP contribution >= 0.6 is 0 Å². The average molecular weight is 335 g/mol. The molecular formula is C18H26FN3O2. The van der Waals surface area contributed by atoms with Crippen LogP contribution in [0.3, 0.4) is 0 Å². The number of piperidine rings is 1. The Kier molecular flexibility index (Phi) is 5.68. The maximum Gasteiger partial charge on any atom is 0.223 e. The lowest BCUT2D eigenvalue weighted by molar-refractivity contribution is -0.131. The molecule has 0 atom stereocenters. The number of hydrogen-bond donors (Lipinski definition) is 1. The van der Waals surface area contributed by atoms with E-state index in [1.165, 1.54) is 12.1 Å². The van der Waals surface area contributed by atoms with Gasteiger partial charge >= 0.3 is 0 Å². The fraction of sp³-hybridized carbons (Fsp3) is 0.611. The summed E-state index contributed by atoms with van der Waals surface area (Å²) in [6.07, 6.45) is 2.00. The summed E-state index contributed by atoms with van der Waals surface area (Å²) in [5.74, 6) is -0.0160. The van der Waals surface area contributed by atoms with E-state index < -0.39 is 0 Å². The van der Waals surface area contributed by atoms with Crippen molar-refractivity contribution in [2.24, 2.45) is 0 Å². The molecule has 1 N–H and O–H groups in total. The zero-order valence-corrected chi connectivity index (χ0v) is 14.0. The van der Waals surface area contributed by atoms with E-state index in [-0.39, 0.29) is 17.8 Å². The highest BCUT2D eigenvalue weighted by Gasteiger charge is 2.23. The van der Waals surface area contributed by atoms with Crippen molar-refractivity contribution in [2.45, 2.75) is 25.4 Å². The van der Waals surface area contributed by atoms with Crippen LogP contribution in [0.2, 0.25) is 0 Å². The minimum Gasteiger partial charge on any atom is -0.393 e. The number of aliphatic hydroxyl groups excluding tert-OH is 1. The molecule has 0 aromatic heterocycles. The molecule has 2 fully saturated rings. The molecule has 0 unspecified atom stereocenters. The first kappa shape index (κ1) is 17.2. The molecule has 6 heteroatoms. The largest absolute Gasteiger partial charge is 0.393 e. The second-order valence-corrected chi connectivity index (χ2v) is 6.67. The number of amides is 1. The summed E-state index contributed by atoms with van der Waals surface area (Å²) in [5, 5.41) is 9.51. The van der Waals surface area contributed by atoms with Gasteiger partial charge in [-0.1, -0.05) is 0 Å². The first-order valence-electron chi connectivity index (χ1n) is 8.80. The van der Waals surface area contributed by atoms with Gasteiger partial charge in [-0.25, -0.2) is 4.39 Å². The maximum atomic E-state index is 13.0. The Morgan fingerprint density at radius 1 is 1.04 bits per heavy atom. The number of likely N-dealkylation sites (tertiary alicyclic amines) is 1. The lowest BCUT2D eigenvalue weighted by Gasteiger charge is -2.36. The third-order valence-electron chi connectivity index (χ3n) is 5.02. The van der Waals surface area contributed by atoms with E-state index in [2.05, 4.69) is 9.80 Å². The van der Waals surface area contributed by atoms with Gasteiger partial charge in [0, 0.05) is 57.9 Å². The van der Waals surface area contributed by atoms with E-state index in [1.807, 2.05) is 4.90 Å². The molecule has 2 aliphatic heterocycles. The summed E-state index contributed by atoms with van der Waals surface area (Å²) in [4.78, 5) is 18.8. The second kappa shape index (κ2) is 7.94. The lowest BCUT2D eigenvalue weighted by Crippen LogP contribution is -2.49. The van der Waals surface area contributed by atoms with Gasteiger partial charge < -0.3 is 19.8 Å². The van der Waals surface area contributed by atoms with E-state index in [9.17, 15) is 14.3 Å². The minimum atomic E-state index is -0.224. The van der Waals surface area contributed by atoms with Crippen LogP contribution in [-0.4, -0.2) is 72.7 Å². The Hall–Kier alpha value is -1.66. The predicted molar refractivity (Wildman–Crippen MR) is 91.5 cm³/mol. The number of nitrogens with zero attached hydrogens (tertiary/aromatic N) is 3. The van der Waals surface area contributed by atoms with Gasteiger partial charge in [0.1, 0.15) is 5.82 Å². The smallest absolute Gasteiger partial charge is 0.223 e. The monoisotopic (exact) mass is 335 g/mol. The van der Waals surface area contributed by atoms with Gasteiger partial charge in [0.15, 0.2) is 0 Å². The third kappa shape index (κ3) is 4.45. The van der Waals surface area contributed by atoms with Gasteiger partial charge in [0.05, 0.1) is 6.10 Å². The molecular weight excluding hydrogens is 309 g/mol. The van der Waals surface area contributed by atoms with Gasteiger partial charge in [-0.05, 0) is 37.1 Å². The summed E-state index contributed by atoms with van der Waals surface area (Å²) >= 11 is 0. The molecule has 0 spiro atoms. The van der Waals surface area contributed by atoms with Gasteiger partial charge in [0.2, 0.25) is 5.91 Å². The van der Waals surface area contributed by atoms with Crippen molar-refractivity contribution in [3.05, 3.63) is 30.1 Å². The van der Waals surface area contributed by atoms with Crippen molar-refractivity contribution in [3.63, 3.8) is 0 Å². The van der Waals surface area contributed by atoms with E-state index in [0.717, 1.165) is 64.3 Å². The molecule has 132 valence electrons. The van der Waals surface area contributed by atoms with Crippen molar-refractivity contribution >= 4 is 11.6 Å². The van der Waals surface area contributed by atoms with Gasteiger partial charge in [-0.3, -0.25) is 4.79 Å². The molecule has 0 bridgehead atoms. The van der Waals surface area contributed by atoms with Gasteiger partial charge in [-0.2, -0.15) is 0 Å². The van der Waals surface area contributed by atoms with Crippen LogP contribution in [0, 0.1) is 5.82 Å². The number of rotatable bonds is 4. The number of aliphatic hydroxyl groups is 1. The molecule has 1 amide bonds. The highest BCUT2D eigenvalue weighted by Crippen LogP contribution is 2.17. The Bertz CT molecular complexity index is 536. The summed E-state index contributed by atoms with van der Waals surface area (Å²) in [5.41, 5.74) is 1.01. The maximum absolute atomic E-state index is 13.0. The van der Waals surface area contributed by atoms with Gasteiger partial charge in [-0.15, -0.1) is 0 Å². The van der Waals surface area contributed by atoms with Crippen LogP contribution in [0.5, 0.6) is 0 Å². The summed E-state index contributed by atoms with van der Waals surface area (Å²) < 4.78 is 13.0. The third-order valence-corrected chi connectivity index (χ3v) is 5.02. The van der Waals surface area contributed by atoms with E-state index >= 15 is 0 Å². The number of anilines is 1. The number of carbonyl (C=O) groups excluding carboxylic acids is 1. The molecule has 5 nitrogen and oxygen atoms in total. The molecule has 2 aliphatic rings. The number of carbonyl (C=O) groups is 1. The topological polar surface area (TPSA) is 47.0 Å².